The fourth-order valence-electron chi connectivity index (χ4n) is 3.44. The Morgan fingerprint density at radius 1 is 0.879 bits per heavy atom. The molecule has 8 heteroatoms. The van der Waals surface area contributed by atoms with Crippen LogP contribution < -0.4 is 19.5 Å². The third-order valence-corrected chi connectivity index (χ3v) is 5.98. The molecular weight excluding hydrogens is 438 g/mol. The Morgan fingerprint density at radius 3 is 2.45 bits per heavy atom. The van der Waals surface area contributed by atoms with E-state index in [1.807, 2.05) is 48.5 Å². The summed E-state index contributed by atoms with van der Waals surface area (Å²) in [4.78, 5) is 21.3. The van der Waals surface area contributed by atoms with Crippen LogP contribution in [0.25, 0.3) is 21.1 Å². The summed E-state index contributed by atoms with van der Waals surface area (Å²) in [5, 5.41) is 4.19. The summed E-state index contributed by atoms with van der Waals surface area (Å²) in [5.74, 6) is 2.29. The van der Waals surface area contributed by atoms with E-state index in [0.717, 1.165) is 21.1 Å². The first-order valence-electron chi connectivity index (χ1n) is 10.1. The van der Waals surface area contributed by atoms with Crippen molar-refractivity contribution in [3.05, 3.63) is 78.5 Å². The summed E-state index contributed by atoms with van der Waals surface area (Å²) >= 11 is 1.39. The molecule has 0 bridgehead atoms. The molecule has 3 aromatic carbocycles. The monoisotopic (exact) mass is 457 g/mol. The standard InChI is InChI=1S/C25H19N3O4S/c1-30-21-13-17-19(14-22(21)31-2)26-11-10-20(17)32-16-8-9-18-23(12-16)33-25(27-18)28-24(29)15-6-4-3-5-7-15/h3-14H,1-2H3,(H,27,28,29). The lowest BCUT2D eigenvalue weighted by Gasteiger charge is -2.12. The van der Waals surface area contributed by atoms with E-state index >= 15 is 0 Å². The van der Waals surface area contributed by atoms with E-state index in [1.165, 1.54) is 11.3 Å². The van der Waals surface area contributed by atoms with E-state index in [1.54, 1.807) is 38.6 Å². The Bertz CT molecular complexity index is 1470. The van der Waals surface area contributed by atoms with Crippen molar-refractivity contribution in [2.45, 2.75) is 0 Å². The number of anilines is 1. The molecule has 0 atom stereocenters. The van der Waals surface area contributed by atoms with E-state index in [9.17, 15) is 4.79 Å². The van der Waals surface area contributed by atoms with E-state index in [4.69, 9.17) is 14.2 Å². The Labute approximate surface area is 193 Å². The average Bonchev–Trinajstić information content (AvgIpc) is 3.25. The van der Waals surface area contributed by atoms with Gasteiger partial charge in [0, 0.05) is 29.3 Å². The van der Waals surface area contributed by atoms with Crippen LogP contribution in [0.3, 0.4) is 0 Å². The molecule has 2 heterocycles. The van der Waals surface area contributed by atoms with Gasteiger partial charge in [-0.3, -0.25) is 15.1 Å². The number of benzene rings is 3. The summed E-state index contributed by atoms with van der Waals surface area (Å²) in [6.07, 6.45) is 1.69. The number of methoxy groups -OCH3 is 2. The van der Waals surface area contributed by atoms with Gasteiger partial charge in [0.25, 0.3) is 5.91 Å². The van der Waals surface area contributed by atoms with Crippen molar-refractivity contribution < 1.29 is 19.0 Å². The van der Waals surface area contributed by atoms with Gasteiger partial charge in [-0.2, -0.15) is 0 Å². The van der Waals surface area contributed by atoms with Crippen molar-refractivity contribution in [1.82, 2.24) is 9.97 Å². The molecule has 0 spiro atoms. The Morgan fingerprint density at radius 2 is 1.67 bits per heavy atom. The maximum absolute atomic E-state index is 12.4. The zero-order valence-electron chi connectivity index (χ0n) is 17.9. The van der Waals surface area contributed by atoms with Crippen LogP contribution in [0.4, 0.5) is 5.13 Å². The predicted molar refractivity (Wildman–Crippen MR) is 129 cm³/mol. The summed E-state index contributed by atoms with van der Waals surface area (Å²) in [5.41, 5.74) is 2.09. The first kappa shape index (κ1) is 20.7. The first-order valence-corrected chi connectivity index (χ1v) is 10.9. The van der Waals surface area contributed by atoms with E-state index in [2.05, 4.69) is 15.3 Å². The molecule has 0 unspecified atom stereocenters. The number of amides is 1. The highest BCUT2D eigenvalue weighted by molar-refractivity contribution is 7.22. The van der Waals surface area contributed by atoms with Gasteiger partial charge in [0.05, 0.1) is 30.0 Å². The fraction of sp³-hybridized carbons (Fsp3) is 0.0800. The minimum Gasteiger partial charge on any atom is -0.493 e. The quantitative estimate of drug-likeness (QED) is 0.342. The van der Waals surface area contributed by atoms with E-state index in [-0.39, 0.29) is 5.91 Å². The molecule has 33 heavy (non-hydrogen) atoms. The summed E-state index contributed by atoms with van der Waals surface area (Å²) in [7, 11) is 3.18. The fourth-order valence-corrected chi connectivity index (χ4v) is 4.33. The lowest BCUT2D eigenvalue weighted by molar-refractivity contribution is 0.102. The highest BCUT2D eigenvalue weighted by Gasteiger charge is 2.13. The lowest BCUT2D eigenvalue weighted by Crippen LogP contribution is -2.11. The third-order valence-electron chi connectivity index (χ3n) is 5.05. The molecule has 0 radical (unpaired) electrons. The van der Waals surface area contributed by atoms with Gasteiger partial charge >= 0.3 is 0 Å². The largest absolute Gasteiger partial charge is 0.493 e. The molecule has 0 aliphatic carbocycles. The van der Waals surface area contributed by atoms with Crippen LogP contribution >= 0.6 is 11.3 Å². The molecule has 0 saturated heterocycles. The molecule has 2 aromatic heterocycles. The number of nitrogens with zero attached hydrogens (tertiary/aromatic N) is 2. The molecule has 164 valence electrons. The van der Waals surface area contributed by atoms with E-state index < -0.39 is 0 Å². The van der Waals surface area contributed by atoms with Gasteiger partial charge in [-0.25, -0.2) is 4.98 Å². The molecule has 0 saturated carbocycles. The number of aromatic nitrogens is 2. The number of hydrogen-bond acceptors (Lipinski definition) is 7. The van der Waals surface area contributed by atoms with Crippen molar-refractivity contribution in [1.29, 1.82) is 0 Å². The van der Waals surface area contributed by atoms with Crippen LogP contribution in [-0.2, 0) is 0 Å². The van der Waals surface area contributed by atoms with Gasteiger partial charge < -0.3 is 14.2 Å². The van der Waals surface area contributed by atoms with Crippen LogP contribution in [0.1, 0.15) is 10.4 Å². The number of pyridine rings is 1. The van der Waals surface area contributed by atoms with Crippen molar-refractivity contribution in [2.75, 3.05) is 19.5 Å². The molecule has 0 aliphatic rings. The molecular formula is C25H19N3O4S. The highest BCUT2D eigenvalue weighted by atomic mass is 32.1. The van der Waals surface area contributed by atoms with E-state index in [0.29, 0.717) is 33.7 Å². The maximum atomic E-state index is 12.4. The van der Waals surface area contributed by atoms with Gasteiger partial charge in [0.1, 0.15) is 11.5 Å². The van der Waals surface area contributed by atoms with Crippen LogP contribution in [0.5, 0.6) is 23.0 Å². The van der Waals surface area contributed by atoms with Crippen LogP contribution in [0.2, 0.25) is 0 Å². The summed E-state index contributed by atoms with van der Waals surface area (Å²) in [6, 6.07) is 20.1. The zero-order valence-corrected chi connectivity index (χ0v) is 18.7. The average molecular weight is 458 g/mol. The van der Waals surface area contributed by atoms with Crippen molar-refractivity contribution >= 4 is 43.5 Å². The summed E-state index contributed by atoms with van der Waals surface area (Å²) < 4.78 is 17.9. The predicted octanol–water partition coefficient (Wildman–Crippen LogP) is 5.91. The van der Waals surface area contributed by atoms with Gasteiger partial charge in [-0.05, 0) is 36.4 Å². The SMILES string of the molecule is COc1cc2nccc(Oc3ccc4nc(NC(=O)c5ccccc5)sc4c3)c2cc1OC. The second-order valence-electron chi connectivity index (χ2n) is 7.10. The van der Waals surface area contributed by atoms with Crippen LogP contribution in [-0.4, -0.2) is 30.1 Å². The zero-order chi connectivity index (χ0) is 22.8. The third kappa shape index (κ3) is 4.16. The maximum Gasteiger partial charge on any atom is 0.257 e. The second kappa shape index (κ2) is 8.76. The van der Waals surface area contributed by atoms with Crippen molar-refractivity contribution in [3.63, 3.8) is 0 Å². The van der Waals surface area contributed by atoms with Gasteiger partial charge in [0.15, 0.2) is 16.6 Å². The molecule has 5 aromatic rings. The van der Waals surface area contributed by atoms with Gasteiger partial charge in [-0.1, -0.05) is 29.5 Å². The second-order valence-corrected chi connectivity index (χ2v) is 8.13. The Hall–Kier alpha value is -4.17. The number of fused-ring (bicyclic) bond motifs is 2. The smallest absolute Gasteiger partial charge is 0.257 e. The molecule has 1 amide bonds. The van der Waals surface area contributed by atoms with Crippen molar-refractivity contribution in [3.8, 4) is 23.0 Å². The van der Waals surface area contributed by atoms with Crippen molar-refractivity contribution in [2.24, 2.45) is 0 Å². The number of rotatable bonds is 6. The summed E-state index contributed by atoms with van der Waals surface area (Å²) in [6.45, 7) is 0. The minimum atomic E-state index is -0.196. The van der Waals surface area contributed by atoms with Crippen LogP contribution in [0, 0.1) is 0 Å². The number of carbonyl (C=O) groups excluding carboxylic acids is 1. The number of ether oxygens (including phenoxy) is 3. The highest BCUT2D eigenvalue weighted by Crippen LogP contribution is 2.38. The Kier molecular flexibility index (Phi) is 5.50. The first-order chi connectivity index (χ1) is 16.1. The van der Waals surface area contributed by atoms with Gasteiger partial charge in [-0.15, -0.1) is 0 Å². The molecule has 1 N–H and O–H groups in total. The Balaban J connectivity index is 1.43. The number of hydrogen-bond donors (Lipinski definition) is 1. The molecule has 5 rings (SSSR count). The molecule has 0 aliphatic heterocycles. The van der Waals surface area contributed by atoms with Gasteiger partial charge in [0.2, 0.25) is 0 Å². The normalized spacial score (nSPS) is 10.8. The number of nitrogens with one attached hydrogen (secondary N) is 1. The molecule has 0 fully saturated rings. The molecule has 7 nitrogen and oxygen atoms in total. The number of thiazole rings is 1. The topological polar surface area (TPSA) is 82.6 Å². The minimum absolute atomic E-state index is 0.196. The lowest BCUT2D eigenvalue weighted by atomic mass is 10.2. The number of carbonyl (C=O) groups is 1. The van der Waals surface area contributed by atoms with Crippen LogP contribution in [0.15, 0.2) is 72.9 Å².